The number of rotatable bonds is 54. The number of carbonyl (C=O) groups excluding carboxylic acids is 16. The third-order valence-corrected chi connectivity index (χ3v) is 23.3. The lowest BCUT2D eigenvalue weighted by Crippen LogP contribution is -2.62. The Morgan fingerprint density at radius 3 is 0.970 bits per heavy atom. The van der Waals surface area contributed by atoms with Gasteiger partial charge in [-0.2, -0.15) is 0 Å². The lowest BCUT2D eigenvalue weighted by atomic mass is 9.97. The summed E-state index contributed by atoms with van der Waals surface area (Å²) in [7, 11) is 0. The Morgan fingerprint density at radius 1 is 0.313 bits per heavy atom. The van der Waals surface area contributed by atoms with E-state index in [-0.39, 0.29) is 94.1 Å². The molecule has 20 N–H and O–H groups in total. The number of carbonyl (C=O) groups is 16. The maximum atomic E-state index is 15.4. The van der Waals surface area contributed by atoms with E-state index in [4.69, 9.17) is 0 Å². The highest BCUT2D eigenvalue weighted by atomic mass is 16.3. The van der Waals surface area contributed by atoms with Crippen molar-refractivity contribution in [1.82, 2.24) is 100 Å². The average Bonchev–Trinajstić information content (AvgIpc) is 1.66. The minimum Gasteiger partial charge on any atom is -0.395 e. The molecule has 0 aliphatic carbocycles. The van der Waals surface area contributed by atoms with Gasteiger partial charge in [-0.25, -0.2) is 0 Å². The van der Waals surface area contributed by atoms with E-state index in [1.165, 1.54) is 13.8 Å². The molecule has 0 radical (unpaired) electrons. The summed E-state index contributed by atoms with van der Waals surface area (Å²) in [4.78, 5) is 238. The predicted octanol–water partition coefficient (Wildman–Crippen LogP) is 4.28. The molecule has 7 rings (SSSR count). The number of aliphatic hydroxyl groups excluding tert-OH is 1. The number of para-hydroxylation sites is 3. The van der Waals surface area contributed by atoms with Crippen molar-refractivity contribution in [3.05, 3.63) is 144 Å². The third-order valence-electron chi connectivity index (χ3n) is 23.3. The standard InChI is InChI=1S/C98H141N19O17/c1-19-59(16)84(104-51-119)95(131)103-50-80(120)105-60(17)85(121)107-72(39-52(2)3)88(124)106-61(18)86(122)115-82(57(12)13)97(133)117-83(58(14)15)98(134)116-81(56(10)11)96(132)114-79(46-65-49-102-71-36-28-25-33-68(65)71)94(130)110-73(40-53(4)5)89(125)111-76(43-62-29-21-20-22-30-62)92(128)108-75(42-55(8)9)91(127)113-78(45-64-48-101-70-35-27-24-32-67(64)70)93(129)109-74(41-54(6)7)90(126)112-77(87(123)99-37-38-118)44-63-47-100-69-34-26-23-31-66(63)69/h20-36,47-49,51-61,72-79,81-84,100-102,118H,19,37-46,50H2,1-18H3,(H,99,123)(H,103,131)(H,104,119)(H,105,120)(H,106,124)(H,107,121)(H,108,128)(H,109,129)(H,110,130)(H,111,125)(H,112,126)(H,113,127)(H,114,132)(H,115,122)(H,116,134)(H,117,133)/t59-,60-,61-,72+,73+,74+,75+,76-,77-,78-,79-,81+,82+,83-,84-/m0/s1. The smallest absolute Gasteiger partial charge is 0.243 e. The minimum absolute atomic E-state index is 0.000480. The minimum atomic E-state index is -1.46. The van der Waals surface area contributed by atoms with Crippen LogP contribution in [0.3, 0.4) is 0 Å². The molecule has 15 atom stereocenters. The zero-order valence-electron chi connectivity index (χ0n) is 80.3. The van der Waals surface area contributed by atoms with Crippen LogP contribution in [0.4, 0.5) is 0 Å². The Bertz CT molecular complexity index is 5160. The Hall–Kier alpha value is -13.0. The molecule has 0 saturated carbocycles. The Balaban J connectivity index is 1.08. The van der Waals surface area contributed by atoms with Gasteiger partial charge in [-0.15, -0.1) is 0 Å². The number of fused-ring (bicyclic) bond motifs is 3. The van der Waals surface area contributed by atoms with Gasteiger partial charge in [0.05, 0.1) is 13.2 Å². The van der Waals surface area contributed by atoms with Crippen LogP contribution in [0.2, 0.25) is 0 Å². The van der Waals surface area contributed by atoms with Gasteiger partial charge < -0.3 is 105 Å². The molecule has 4 aromatic carbocycles. The highest BCUT2D eigenvalue weighted by molar-refractivity contribution is 6.02. The molecule has 730 valence electrons. The van der Waals surface area contributed by atoms with Gasteiger partial charge in [0.25, 0.3) is 0 Å². The first-order chi connectivity index (χ1) is 63.5. The van der Waals surface area contributed by atoms with Crippen LogP contribution in [0.25, 0.3) is 32.7 Å². The van der Waals surface area contributed by atoms with Crippen molar-refractivity contribution in [2.45, 2.75) is 267 Å². The summed E-state index contributed by atoms with van der Waals surface area (Å²) in [6.07, 6.45) is 5.98. The molecule has 0 spiro atoms. The van der Waals surface area contributed by atoms with Gasteiger partial charge in [-0.05, 0) is 127 Å². The van der Waals surface area contributed by atoms with Crippen LogP contribution in [0.1, 0.15) is 179 Å². The lowest BCUT2D eigenvalue weighted by Gasteiger charge is -2.31. The first-order valence-electron chi connectivity index (χ1n) is 46.5. The van der Waals surface area contributed by atoms with Crippen molar-refractivity contribution >= 4 is 128 Å². The van der Waals surface area contributed by atoms with E-state index in [1.54, 1.807) is 117 Å². The van der Waals surface area contributed by atoms with Crippen molar-refractivity contribution in [3.8, 4) is 0 Å². The van der Waals surface area contributed by atoms with Crippen LogP contribution in [-0.2, 0) is 102 Å². The number of hydrogen-bond acceptors (Lipinski definition) is 17. The van der Waals surface area contributed by atoms with Crippen LogP contribution in [0.5, 0.6) is 0 Å². The Labute approximate surface area is 783 Å². The highest BCUT2D eigenvalue weighted by Gasteiger charge is 2.41. The summed E-state index contributed by atoms with van der Waals surface area (Å²) >= 11 is 0. The molecular formula is C98H141N19O17. The lowest BCUT2D eigenvalue weighted by molar-refractivity contribution is -0.137. The zero-order chi connectivity index (χ0) is 98.9. The molecule has 0 unspecified atom stereocenters. The molecule has 36 nitrogen and oxygen atoms in total. The first kappa shape index (κ1) is 108. The maximum absolute atomic E-state index is 15.4. The van der Waals surface area contributed by atoms with E-state index in [2.05, 4.69) is 100 Å². The fourth-order valence-electron chi connectivity index (χ4n) is 15.7. The zero-order valence-corrected chi connectivity index (χ0v) is 80.3. The van der Waals surface area contributed by atoms with Crippen molar-refractivity contribution in [2.75, 3.05) is 19.7 Å². The molecule has 0 bridgehead atoms. The summed E-state index contributed by atoms with van der Waals surface area (Å²) in [5.41, 5.74) is 4.81. The molecular weight excluding hydrogens is 1720 g/mol. The molecule has 0 saturated heterocycles. The van der Waals surface area contributed by atoms with Crippen LogP contribution < -0.4 is 85.1 Å². The second-order valence-electron chi connectivity index (χ2n) is 37.5. The summed E-state index contributed by atoms with van der Waals surface area (Å²) in [6.45, 7) is 30.0. The van der Waals surface area contributed by atoms with Gasteiger partial charge in [0, 0.05) is 83.5 Å². The maximum Gasteiger partial charge on any atom is 0.243 e. The molecule has 36 heteroatoms. The van der Waals surface area contributed by atoms with Gasteiger partial charge in [-0.1, -0.05) is 202 Å². The number of amides is 16. The van der Waals surface area contributed by atoms with Crippen molar-refractivity contribution in [1.29, 1.82) is 0 Å². The van der Waals surface area contributed by atoms with E-state index in [1.807, 2.05) is 115 Å². The largest absolute Gasteiger partial charge is 0.395 e. The van der Waals surface area contributed by atoms with Crippen LogP contribution >= 0.6 is 0 Å². The normalized spacial score (nSPS) is 14.9. The summed E-state index contributed by atoms with van der Waals surface area (Å²) in [5.74, 6) is -14.4. The number of hydrogen-bond donors (Lipinski definition) is 20. The number of aromatic amines is 3. The number of benzene rings is 4. The van der Waals surface area contributed by atoms with E-state index in [0.29, 0.717) is 40.4 Å². The molecule has 7 aromatic rings. The number of aliphatic hydroxyl groups is 1. The average molecular weight is 1860 g/mol. The SMILES string of the molecule is CC[C@H](C)[C@H](NC=O)C(=O)NCC(=O)N[C@@H](C)C(=O)N[C@H](CC(C)C)C(=O)N[C@@H](C)C(=O)N[C@@H](C(=O)N[C@H](C(=O)N[C@@H](C(=O)N[C@@H](Cc1c[nH]c2ccccc12)C(=O)N[C@H](CC(C)C)C(=O)N[C@@H](Cc1ccccc1)C(=O)N[C@H](CC(C)C)C(=O)N[C@@H](Cc1c[nH]c2ccccc12)C(=O)N[C@H](CC(C)C)C(=O)N[C@@H](Cc1c[nH]c2ccccc12)C(=O)NCCO)C(C)C)C(C)C)C(C)C. The molecule has 3 aromatic heterocycles. The van der Waals surface area contributed by atoms with Crippen molar-refractivity contribution in [2.24, 2.45) is 47.3 Å². The third kappa shape index (κ3) is 32.7. The number of H-pyrrole nitrogens is 3. The fourth-order valence-corrected chi connectivity index (χ4v) is 15.7. The fraction of sp³-hybridized carbons (Fsp3) is 0.531. The van der Waals surface area contributed by atoms with E-state index >= 15 is 28.8 Å². The monoisotopic (exact) mass is 1860 g/mol. The van der Waals surface area contributed by atoms with Crippen LogP contribution in [0.15, 0.2) is 122 Å². The first-order valence-corrected chi connectivity index (χ1v) is 46.5. The van der Waals surface area contributed by atoms with Gasteiger partial charge in [0.15, 0.2) is 0 Å². The molecule has 0 fully saturated rings. The second-order valence-corrected chi connectivity index (χ2v) is 37.5. The van der Waals surface area contributed by atoms with Crippen LogP contribution in [0, 0.1) is 47.3 Å². The Kier molecular flexibility index (Phi) is 42.3. The molecule has 3 heterocycles. The number of aromatic nitrogens is 3. The molecule has 0 aliphatic heterocycles. The highest BCUT2D eigenvalue weighted by Crippen LogP contribution is 2.25. The predicted molar refractivity (Wildman–Crippen MR) is 510 cm³/mol. The number of nitrogens with one attached hydrogen (secondary N) is 19. The van der Waals surface area contributed by atoms with E-state index < -0.39 is 197 Å². The summed E-state index contributed by atoms with van der Waals surface area (Å²) < 4.78 is 0. The Morgan fingerprint density at radius 2 is 0.612 bits per heavy atom. The van der Waals surface area contributed by atoms with Crippen molar-refractivity contribution < 1.29 is 81.8 Å². The van der Waals surface area contributed by atoms with Gasteiger partial charge in [0.1, 0.15) is 84.6 Å². The summed E-state index contributed by atoms with van der Waals surface area (Å²) in [5, 5.41) is 55.8. The van der Waals surface area contributed by atoms with Gasteiger partial charge in [0.2, 0.25) is 95.0 Å². The topological polar surface area (TPSA) is 533 Å². The second kappa shape index (κ2) is 52.4. The quantitative estimate of drug-likeness (QED) is 0.0237. The summed E-state index contributed by atoms with van der Waals surface area (Å²) in [6, 6.07) is 12.8. The van der Waals surface area contributed by atoms with Gasteiger partial charge in [-0.3, -0.25) is 76.7 Å². The molecule has 16 amide bonds. The van der Waals surface area contributed by atoms with Crippen LogP contribution in [-0.4, -0.2) is 219 Å². The molecule has 134 heavy (non-hydrogen) atoms. The van der Waals surface area contributed by atoms with E-state index in [0.717, 1.165) is 27.4 Å². The van der Waals surface area contributed by atoms with Crippen molar-refractivity contribution in [3.63, 3.8) is 0 Å². The molecule has 0 aliphatic rings. The van der Waals surface area contributed by atoms with Gasteiger partial charge >= 0.3 is 0 Å². The van der Waals surface area contributed by atoms with E-state index in [9.17, 15) is 53.1 Å².